The van der Waals surface area contributed by atoms with Gasteiger partial charge in [-0.1, -0.05) is 163 Å². The van der Waals surface area contributed by atoms with E-state index < -0.39 is 0 Å². The van der Waals surface area contributed by atoms with Gasteiger partial charge in [0.05, 0.1) is 0 Å². The predicted molar refractivity (Wildman–Crippen MR) is 261 cm³/mol. The van der Waals surface area contributed by atoms with Gasteiger partial charge in [-0.15, -0.1) is 0 Å². The van der Waals surface area contributed by atoms with Gasteiger partial charge in [-0.25, -0.2) is 0 Å². The van der Waals surface area contributed by atoms with E-state index in [1.54, 1.807) is 0 Å². The average Bonchev–Trinajstić information content (AvgIpc) is 3.28. The fourth-order valence-corrected chi connectivity index (χ4v) is 10.2. The first kappa shape index (κ1) is 36.5. The second kappa shape index (κ2) is 14.0. The van der Waals surface area contributed by atoms with E-state index in [-0.39, 0.29) is 6.71 Å². The molecule has 0 saturated heterocycles. The molecular weight excluding hydrogens is 723 g/mol. The fourth-order valence-electron chi connectivity index (χ4n) is 10.2. The maximum Gasteiger partial charge on any atom is 0.252 e. The molecule has 0 atom stereocenters. The summed E-state index contributed by atoms with van der Waals surface area (Å²) in [7, 11) is 0. The standard InChI is InChI=1S/C57H49BN2/c1-35(2)38-21-27-42(28-22-38)59-52-31-25-40(36(3)4)33-50(52)58-51-34-41(37(5)6)26-32-53(51)60(55-20-12-19-54(59)57(55)58)43-29-23-39(24-30-43)44-17-11-18-49-47-14-8-7-13-45(47)46-15-9-10-16-48(46)56(44)49/h7-37H,1-6H3. The minimum absolute atomic E-state index is 0.0964. The minimum Gasteiger partial charge on any atom is -0.311 e. The van der Waals surface area contributed by atoms with Crippen molar-refractivity contribution in [2.75, 3.05) is 9.80 Å². The molecule has 0 aromatic heterocycles. The summed E-state index contributed by atoms with van der Waals surface area (Å²) in [5, 5.41) is 7.80. The highest BCUT2D eigenvalue weighted by molar-refractivity contribution is 7.00. The van der Waals surface area contributed by atoms with Crippen molar-refractivity contribution in [3.8, 4) is 11.1 Å². The quantitative estimate of drug-likeness (QED) is 0.123. The van der Waals surface area contributed by atoms with Gasteiger partial charge in [0.15, 0.2) is 0 Å². The van der Waals surface area contributed by atoms with Crippen LogP contribution in [-0.4, -0.2) is 6.71 Å². The molecule has 9 aromatic rings. The van der Waals surface area contributed by atoms with E-state index in [0.717, 1.165) is 5.69 Å². The van der Waals surface area contributed by atoms with E-state index in [0.29, 0.717) is 17.8 Å². The summed E-state index contributed by atoms with van der Waals surface area (Å²) >= 11 is 0. The van der Waals surface area contributed by atoms with Crippen molar-refractivity contribution in [2.45, 2.75) is 59.3 Å². The summed E-state index contributed by atoms with van der Waals surface area (Å²) in [5.41, 5.74) is 18.0. The van der Waals surface area contributed by atoms with Crippen LogP contribution >= 0.6 is 0 Å². The van der Waals surface area contributed by atoms with Crippen LogP contribution in [0.1, 0.15) is 76.0 Å². The summed E-state index contributed by atoms with van der Waals surface area (Å²) in [6, 6.07) is 64.6. The molecule has 0 unspecified atom stereocenters. The molecule has 2 aliphatic rings. The molecule has 11 rings (SSSR count). The van der Waals surface area contributed by atoms with Crippen LogP contribution in [0.15, 0.2) is 170 Å². The number of benzene rings is 9. The van der Waals surface area contributed by atoms with Gasteiger partial charge in [-0.05, 0) is 143 Å². The Morgan fingerprint density at radius 3 is 1.28 bits per heavy atom. The van der Waals surface area contributed by atoms with E-state index in [1.807, 2.05) is 0 Å². The third-order valence-electron chi connectivity index (χ3n) is 13.4. The molecule has 2 aliphatic heterocycles. The summed E-state index contributed by atoms with van der Waals surface area (Å²) in [6.07, 6.45) is 0. The smallest absolute Gasteiger partial charge is 0.252 e. The van der Waals surface area contributed by atoms with E-state index >= 15 is 0 Å². The highest BCUT2D eigenvalue weighted by Gasteiger charge is 2.43. The third-order valence-corrected chi connectivity index (χ3v) is 13.4. The largest absolute Gasteiger partial charge is 0.311 e. The second-order valence-electron chi connectivity index (χ2n) is 17.9. The summed E-state index contributed by atoms with van der Waals surface area (Å²) in [5.74, 6) is 1.31. The van der Waals surface area contributed by atoms with Gasteiger partial charge in [0, 0.05) is 34.1 Å². The number of hydrogen-bond donors (Lipinski definition) is 0. The molecule has 0 saturated carbocycles. The normalized spacial score (nSPS) is 13.2. The number of anilines is 6. The van der Waals surface area contributed by atoms with Gasteiger partial charge in [0.1, 0.15) is 0 Å². The second-order valence-corrected chi connectivity index (χ2v) is 17.9. The summed E-state index contributed by atoms with van der Waals surface area (Å²) < 4.78 is 0. The van der Waals surface area contributed by atoms with Crippen LogP contribution in [0.3, 0.4) is 0 Å². The van der Waals surface area contributed by atoms with Crippen LogP contribution in [0.4, 0.5) is 34.1 Å². The number of hydrogen-bond acceptors (Lipinski definition) is 2. The van der Waals surface area contributed by atoms with Gasteiger partial charge >= 0.3 is 0 Å². The fraction of sp³-hybridized carbons (Fsp3) is 0.158. The molecule has 9 aromatic carbocycles. The lowest BCUT2D eigenvalue weighted by molar-refractivity contribution is 0.866. The molecule has 0 N–H and O–H groups in total. The molecule has 3 heteroatoms. The number of nitrogens with zero attached hydrogens (tertiary/aromatic N) is 2. The molecule has 0 bridgehead atoms. The van der Waals surface area contributed by atoms with Gasteiger partial charge in [0.25, 0.3) is 6.71 Å². The number of rotatable bonds is 6. The van der Waals surface area contributed by atoms with Gasteiger partial charge in [-0.2, -0.15) is 0 Å². The molecule has 0 amide bonds. The zero-order valence-corrected chi connectivity index (χ0v) is 35.4. The Balaban J connectivity index is 1.12. The van der Waals surface area contributed by atoms with Crippen LogP contribution in [0.5, 0.6) is 0 Å². The zero-order valence-electron chi connectivity index (χ0n) is 35.4. The Bertz CT molecular complexity index is 3090. The lowest BCUT2D eigenvalue weighted by Crippen LogP contribution is -2.61. The lowest BCUT2D eigenvalue weighted by atomic mass is 9.33. The molecule has 0 spiro atoms. The predicted octanol–water partition coefficient (Wildman–Crippen LogP) is 14.3. The molecule has 0 radical (unpaired) electrons. The first-order valence-electron chi connectivity index (χ1n) is 21.8. The van der Waals surface area contributed by atoms with Crippen LogP contribution in [-0.2, 0) is 0 Å². The van der Waals surface area contributed by atoms with Crippen LogP contribution < -0.4 is 26.2 Å². The van der Waals surface area contributed by atoms with Crippen molar-refractivity contribution in [1.82, 2.24) is 0 Å². The van der Waals surface area contributed by atoms with Crippen molar-refractivity contribution in [2.24, 2.45) is 0 Å². The van der Waals surface area contributed by atoms with Crippen LogP contribution in [0.2, 0.25) is 0 Å². The Hall–Kier alpha value is -6.58. The topological polar surface area (TPSA) is 6.48 Å². The van der Waals surface area contributed by atoms with Gasteiger partial charge < -0.3 is 9.80 Å². The highest BCUT2D eigenvalue weighted by atomic mass is 15.2. The minimum atomic E-state index is 0.0964. The van der Waals surface area contributed by atoms with E-state index in [4.69, 9.17) is 0 Å². The SMILES string of the molecule is CC(C)c1ccc(N2c3ccc(C(C)C)cc3B3c4cc(C(C)C)ccc4N(c4ccc(-c5cccc6c7ccccc7c7ccccc7c56)cc4)c4cccc2c43)cc1. The molecular formula is C57H49BN2. The highest BCUT2D eigenvalue weighted by Crippen LogP contribution is 2.46. The first-order valence-corrected chi connectivity index (χ1v) is 21.8. The van der Waals surface area contributed by atoms with Crippen molar-refractivity contribution < 1.29 is 0 Å². The maximum atomic E-state index is 2.53. The maximum absolute atomic E-state index is 2.53. The molecule has 290 valence electrons. The van der Waals surface area contributed by atoms with Crippen molar-refractivity contribution in [3.05, 3.63) is 187 Å². The van der Waals surface area contributed by atoms with Crippen molar-refractivity contribution in [1.29, 1.82) is 0 Å². The van der Waals surface area contributed by atoms with Crippen LogP contribution in [0.25, 0.3) is 43.4 Å². The zero-order chi connectivity index (χ0) is 40.8. The van der Waals surface area contributed by atoms with Crippen molar-refractivity contribution >= 4 is 89.5 Å². The molecule has 60 heavy (non-hydrogen) atoms. The summed E-state index contributed by atoms with van der Waals surface area (Å²) in [4.78, 5) is 5.05. The van der Waals surface area contributed by atoms with E-state index in [9.17, 15) is 0 Å². The van der Waals surface area contributed by atoms with Gasteiger partial charge in [-0.3, -0.25) is 0 Å². The Labute approximate surface area is 354 Å². The first-order chi connectivity index (χ1) is 29.3. The molecule has 2 nitrogen and oxygen atoms in total. The van der Waals surface area contributed by atoms with Gasteiger partial charge in [0.2, 0.25) is 0 Å². The number of fused-ring (bicyclic) bond motifs is 10. The van der Waals surface area contributed by atoms with Crippen LogP contribution in [0, 0.1) is 0 Å². The third kappa shape index (κ3) is 5.55. The molecule has 0 aliphatic carbocycles. The van der Waals surface area contributed by atoms with E-state index in [2.05, 4.69) is 221 Å². The Morgan fingerprint density at radius 2 is 0.783 bits per heavy atom. The Morgan fingerprint density at radius 1 is 0.367 bits per heavy atom. The molecule has 0 fully saturated rings. The Kier molecular flexibility index (Phi) is 8.53. The molecule has 2 heterocycles. The average molecular weight is 773 g/mol. The summed E-state index contributed by atoms with van der Waals surface area (Å²) in [6.45, 7) is 13.9. The lowest BCUT2D eigenvalue weighted by Gasteiger charge is -2.44. The van der Waals surface area contributed by atoms with Crippen molar-refractivity contribution in [3.63, 3.8) is 0 Å². The van der Waals surface area contributed by atoms with E-state index in [1.165, 1.54) is 105 Å². The monoisotopic (exact) mass is 772 g/mol.